The summed E-state index contributed by atoms with van der Waals surface area (Å²) in [5, 5.41) is 8.19. The van der Waals surface area contributed by atoms with Crippen molar-refractivity contribution in [2.24, 2.45) is 5.73 Å². The molecule has 0 bridgehead atoms. The van der Waals surface area contributed by atoms with Crippen LogP contribution in [-0.4, -0.2) is 37.4 Å². The van der Waals surface area contributed by atoms with E-state index in [-0.39, 0.29) is 5.25 Å². The maximum absolute atomic E-state index is 11.0. The van der Waals surface area contributed by atoms with Crippen LogP contribution in [0.4, 0.5) is 0 Å². The van der Waals surface area contributed by atoms with Gasteiger partial charge in [-0.1, -0.05) is 0 Å². The summed E-state index contributed by atoms with van der Waals surface area (Å²) in [5.74, 6) is -0.607. The highest BCUT2D eigenvalue weighted by Crippen LogP contribution is 2.38. The minimum absolute atomic E-state index is 0.366. The molecule has 1 aliphatic heterocycles. The molecule has 0 radical (unpaired) electrons. The first-order chi connectivity index (χ1) is 5.05. The number of thioether (sulfide) groups is 1. The number of carbonyl (C=O) groups is 1. The monoisotopic (exact) mass is 195 g/mol. The van der Waals surface area contributed by atoms with E-state index in [1.54, 1.807) is 0 Å². The molecule has 0 aromatic heterocycles. The molecule has 1 fully saturated rings. The number of carboxylic acid groups (broad SMARTS) is 1. The van der Waals surface area contributed by atoms with E-state index in [1.165, 1.54) is 11.8 Å². The minimum Gasteiger partial charge on any atom is -0.479 e. The van der Waals surface area contributed by atoms with Crippen molar-refractivity contribution in [3.05, 3.63) is 0 Å². The lowest BCUT2D eigenvalue weighted by Crippen LogP contribution is -2.37. The minimum atomic E-state index is -1.46. The summed E-state index contributed by atoms with van der Waals surface area (Å²) in [4.78, 5) is 9.00. The van der Waals surface area contributed by atoms with Crippen LogP contribution >= 0.6 is 11.8 Å². The Morgan fingerprint density at radius 3 is 2.73 bits per heavy atom. The zero-order chi connectivity index (χ0) is 8.65. The largest absolute Gasteiger partial charge is 0.479 e. The molecule has 1 heterocycles. The van der Waals surface area contributed by atoms with E-state index < -0.39 is 21.6 Å². The van der Waals surface area contributed by atoms with Crippen molar-refractivity contribution in [3.63, 3.8) is 0 Å². The Morgan fingerprint density at radius 1 is 1.91 bits per heavy atom. The Hall–Kier alpha value is -0.0700. The van der Waals surface area contributed by atoms with Gasteiger partial charge in [-0.2, -0.15) is 11.8 Å². The van der Waals surface area contributed by atoms with Crippen LogP contribution in [0.15, 0.2) is 0 Å². The van der Waals surface area contributed by atoms with E-state index in [9.17, 15) is 9.00 Å². The van der Waals surface area contributed by atoms with Crippen LogP contribution in [0.2, 0.25) is 0 Å². The SMILES string of the molecule is CSCC1S(=O)[C@]1(N)C(=O)O. The third kappa shape index (κ3) is 1.19. The Balaban J connectivity index is 2.65. The van der Waals surface area contributed by atoms with E-state index in [2.05, 4.69) is 0 Å². The van der Waals surface area contributed by atoms with Gasteiger partial charge in [0.1, 0.15) is 0 Å². The fraction of sp³-hybridized carbons (Fsp3) is 0.800. The van der Waals surface area contributed by atoms with Crippen LogP contribution in [0.1, 0.15) is 0 Å². The average molecular weight is 195 g/mol. The topological polar surface area (TPSA) is 80.4 Å². The summed E-state index contributed by atoms with van der Waals surface area (Å²) < 4.78 is 11.0. The summed E-state index contributed by atoms with van der Waals surface area (Å²) in [6, 6.07) is 0. The number of rotatable bonds is 3. The van der Waals surface area contributed by atoms with Gasteiger partial charge < -0.3 is 10.8 Å². The Morgan fingerprint density at radius 2 is 2.45 bits per heavy atom. The lowest BCUT2D eigenvalue weighted by Gasteiger charge is -1.97. The molecule has 0 aromatic rings. The van der Waals surface area contributed by atoms with Gasteiger partial charge in [0, 0.05) is 5.75 Å². The maximum atomic E-state index is 11.0. The zero-order valence-corrected chi connectivity index (χ0v) is 7.58. The molecule has 1 rings (SSSR count). The molecular formula is C5H9NO3S2. The van der Waals surface area contributed by atoms with Crippen LogP contribution in [-0.2, 0) is 15.6 Å². The molecule has 1 saturated heterocycles. The maximum Gasteiger partial charge on any atom is 0.338 e. The third-order valence-electron chi connectivity index (χ3n) is 1.66. The molecule has 0 saturated carbocycles. The van der Waals surface area contributed by atoms with E-state index in [0.717, 1.165) is 0 Å². The Labute approximate surface area is 71.0 Å². The van der Waals surface area contributed by atoms with Gasteiger partial charge in [0.25, 0.3) is 0 Å². The molecule has 64 valence electrons. The third-order valence-corrected chi connectivity index (χ3v) is 4.47. The summed E-state index contributed by atoms with van der Waals surface area (Å²) in [7, 11) is -1.37. The van der Waals surface area contributed by atoms with Gasteiger partial charge in [-0.3, -0.25) is 4.21 Å². The number of carboxylic acids is 1. The molecule has 3 atom stereocenters. The highest BCUT2D eigenvalue weighted by molar-refractivity contribution is 8.01. The number of nitrogens with two attached hydrogens (primary N) is 1. The zero-order valence-electron chi connectivity index (χ0n) is 5.94. The second kappa shape index (κ2) is 2.76. The van der Waals surface area contributed by atoms with Crippen molar-refractivity contribution in [3.8, 4) is 0 Å². The lowest BCUT2D eigenvalue weighted by molar-refractivity contribution is -0.138. The van der Waals surface area contributed by atoms with Gasteiger partial charge in [0.15, 0.2) is 0 Å². The summed E-state index contributed by atoms with van der Waals surface area (Å²) in [6.07, 6.45) is 1.83. The molecule has 0 aromatic carbocycles. The van der Waals surface area contributed by atoms with Crippen LogP contribution in [0.25, 0.3) is 0 Å². The molecule has 2 unspecified atom stereocenters. The predicted molar refractivity (Wildman–Crippen MR) is 44.9 cm³/mol. The molecule has 1 aliphatic rings. The lowest BCUT2D eigenvalue weighted by atomic mass is 10.2. The fourth-order valence-corrected chi connectivity index (χ4v) is 3.53. The van der Waals surface area contributed by atoms with Crippen LogP contribution in [0.3, 0.4) is 0 Å². The molecule has 0 amide bonds. The van der Waals surface area contributed by atoms with E-state index >= 15 is 0 Å². The predicted octanol–water partition coefficient (Wildman–Crippen LogP) is -0.780. The number of hydrogen-bond donors (Lipinski definition) is 2. The smallest absolute Gasteiger partial charge is 0.338 e. The molecule has 6 heteroatoms. The van der Waals surface area contributed by atoms with Gasteiger partial charge in [-0.15, -0.1) is 0 Å². The van der Waals surface area contributed by atoms with Crippen LogP contribution in [0.5, 0.6) is 0 Å². The van der Waals surface area contributed by atoms with Gasteiger partial charge in [-0.25, -0.2) is 4.79 Å². The van der Waals surface area contributed by atoms with Crippen LogP contribution < -0.4 is 5.73 Å². The van der Waals surface area contributed by atoms with Crippen molar-refractivity contribution in [2.75, 3.05) is 12.0 Å². The van der Waals surface area contributed by atoms with Gasteiger partial charge in [0.05, 0.1) is 16.0 Å². The van der Waals surface area contributed by atoms with E-state index in [0.29, 0.717) is 5.75 Å². The van der Waals surface area contributed by atoms with Crippen molar-refractivity contribution in [1.29, 1.82) is 0 Å². The van der Waals surface area contributed by atoms with Crippen molar-refractivity contribution in [1.82, 2.24) is 0 Å². The molecule has 3 N–H and O–H groups in total. The highest BCUT2D eigenvalue weighted by atomic mass is 32.2. The van der Waals surface area contributed by atoms with Crippen LogP contribution in [0, 0.1) is 0 Å². The molecule has 4 nitrogen and oxygen atoms in total. The number of aliphatic carboxylic acids is 1. The molecule has 0 aliphatic carbocycles. The number of hydrogen-bond acceptors (Lipinski definition) is 4. The van der Waals surface area contributed by atoms with Crippen molar-refractivity contribution >= 4 is 28.5 Å². The second-order valence-electron chi connectivity index (χ2n) is 2.34. The summed E-state index contributed by atoms with van der Waals surface area (Å²) >= 11 is 1.46. The molecule has 0 spiro atoms. The first kappa shape index (κ1) is 9.02. The molecule has 11 heavy (non-hydrogen) atoms. The van der Waals surface area contributed by atoms with Crippen molar-refractivity contribution in [2.45, 2.75) is 10.1 Å². The summed E-state index contributed by atoms with van der Waals surface area (Å²) in [6.45, 7) is 0. The quantitative estimate of drug-likeness (QED) is 0.577. The molecular weight excluding hydrogens is 186 g/mol. The van der Waals surface area contributed by atoms with Gasteiger partial charge in [0.2, 0.25) is 4.87 Å². The highest BCUT2D eigenvalue weighted by Gasteiger charge is 2.66. The average Bonchev–Trinajstić information content (AvgIpc) is 2.43. The first-order valence-electron chi connectivity index (χ1n) is 2.97. The standard InChI is InChI=1S/C5H9NO3S2/c1-10-2-3-5(6,4(7)8)11(3)9/h3H,2,6H2,1H3,(H,7,8)/t3?,5-,11?/m0/s1. The normalized spacial score (nSPS) is 42.0. The summed E-state index contributed by atoms with van der Waals surface area (Å²) in [5.41, 5.74) is 5.35. The van der Waals surface area contributed by atoms with E-state index in [1.807, 2.05) is 6.26 Å². The fourth-order valence-electron chi connectivity index (χ4n) is 0.868. The van der Waals surface area contributed by atoms with Gasteiger partial charge >= 0.3 is 5.97 Å². The van der Waals surface area contributed by atoms with Crippen molar-refractivity contribution < 1.29 is 14.1 Å². The second-order valence-corrected chi connectivity index (χ2v) is 5.09. The Kier molecular flexibility index (Phi) is 2.27. The van der Waals surface area contributed by atoms with E-state index in [4.69, 9.17) is 10.8 Å². The van der Waals surface area contributed by atoms with Gasteiger partial charge in [-0.05, 0) is 6.26 Å². The Bertz CT molecular complexity index is 220. The first-order valence-corrected chi connectivity index (χ1v) is 5.57.